The SMILES string of the molecule is CCc1cc2c(cc1OSOON)CCC1C2CC[C@@]2(C)C1CC[C@@H]2CC(F)F. The Morgan fingerprint density at radius 3 is 2.79 bits per heavy atom. The van der Waals surface area contributed by atoms with E-state index in [1.165, 1.54) is 11.1 Å². The zero-order valence-electron chi connectivity index (χ0n) is 17.2. The van der Waals surface area contributed by atoms with Crippen molar-refractivity contribution in [2.24, 2.45) is 29.1 Å². The van der Waals surface area contributed by atoms with Gasteiger partial charge in [-0.05, 0) is 96.8 Å². The Hall–Kier alpha value is -0.890. The molecule has 4 nitrogen and oxygen atoms in total. The maximum atomic E-state index is 13.1. The molecular formula is C22H31F2NO3S. The first-order valence-corrected chi connectivity index (χ1v) is 11.4. The second-order valence-electron chi connectivity index (χ2n) is 9.19. The highest BCUT2D eigenvalue weighted by Gasteiger charge is 2.54. The minimum atomic E-state index is -2.18. The summed E-state index contributed by atoms with van der Waals surface area (Å²) in [5.74, 6) is 7.58. The molecule has 2 saturated carbocycles. The molecule has 0 spiro atoms. The van der Waals surface area contributed by atoms with Gasteiger partial charge in [-0.1, -0.05) is 19.9 Å². The molecule has 0 aromatic heterocycles. The number of nitrogens with two attached hydrogens (primary N) is 1. The highest BCUT2D eigenvalue weighted by atomic mass is 32.2. The average Bonchev–Trinajstić information content (AvgIpc) is 3.03. The summed E-state index contributed by atoms with van der Waals surface area (Å²) in [6, 6.07) is 4.44. The van der Waals surface area contributed by atoms with Gasteiger partial charge in [0.25, 0.3) is 12.3 Å². The molecular weight excluding hydrogens is 396 g/mol. The second kappa shape index (κ2) is 8.69. The molecule has 1 aromatic carbocycles. The molecule has 2 N–H and O–H groups in total. The minimum Gasteiger partial charge on any atom is -0.398 e. The highest BCUT2D eigenvalue weighted by molar-refractivity contribution is 7.90. The fourth-order valence-corrected chi connectivity index (χ4v) is 7.07. The molecule has 3 unspecified atom stereocenters. The molecule has 0 bridgehead atoms. The summed E-state index contributed by atoms with van der Waals surface area (Å²) >= 11 is 0.718. The summed E-state index contributed by atoms with van der Waals surface area (Å²) in [5.41, 5.74) is 4.03. The second-order valence-corrected chi connectivity index (χ2v) is 9.63. The Bertz CT molecular complexity index is 734. The van der Waals surface area contributed by atoms with Gasteiger partial charge in [-0.25, -0.2) is 8.78 Å². The Kier molecular flexibility index (Phi) is 6.40. The maximum absolute atomic E-state index is 13.1. The average molecular weight is 428 g/mol. The summed E-state index contributed by atoms with van der Waals surface area (Å²) in [7, 11) is 0. The fraction of sp³-hybridized carbons (Fsp3) is 0.727. The van der Waals surface area contributed by atoms with Crippen LogP contribution in [0.3, 0.4) is 0 Å². The van der Waals surface area contributed by atoms with Crippen LogP contribution in [-0.2, 0) is 22.2 Å². The van der Waals surface area contributed by atoms with Crippen molar-refractivity contribution in [2.45, 2.75) is 77.6 Å². The number of rotatable bonds is 7. The monoisotopic (exact) mass is 427 g/mol. The van der Waals surface area contributed by atoms with Crippen LogP contribution < -0.4 is 10.1 Å². The normalized spacial score (nSPS) is 33.3. The van der Waals surface area contributed by atoms with E-state index in [0.29, 0.717) is 17.8 Å². The summed E-state index contributed by atoms with van der Waals surface area (Å²) in [4.78, 5) is 4.09. The third-order valence-electron chi connectivity index (χ3n) is 8.14. The smallest absolute Gasteiger partial charge is 0.260 e. The Labute approximate surface area is 176 Å². The van der Waals surface area contributed by atoms with E-state index in [1.54, 1.807) is 0 Å². The molecule has 3 aliphatic carbocycles. The topological polar surface area (TPSA) is 53.7 Å². The predicted molar refractivity (Wildman–Crippen MR) is 109 cm³/mol. The van der Waals surface area contributed by atoms with Gasteiger partial charge in [-0.15, -0.1) is 9.32 Å². The van der Waals surface area contributed by atoms with Crippen LogP contribution in [0.5, 0.6) is 5.75 Å². The van der Waals surface area contributed by atoms with Crippen molar-refractivity contribution in [3.63, 3.8) is 0 Å². The standard InChI is InChI=1S/C22H31F2NO3S/c1-3-13-10-18-14(11-20(13)26-29-28-27-25)4-6-17-16(18)8-9-22(2)15(12-21(23)24)5-7-19(17)22/h10-11,15-17,19,21H,3-9,12,25H2,1-2H3/t15-,16?,17?,19?,22-/m1/s1. The first-order chi connectivity index (χ1) is 14.0. The molecule has 2 fully saturated rings. The predicted octanol–water partition coefficient (Wildman–Crippen LogP) is 6.14. The zero-order valence-corrected chi connectivity index (χ0v) is 18.0. The number of fused-ring (bicyclic) bond motifs is 5. The highest BCUT2D eigenvalue weighted by Crippen LogP contribution is 2.64. The van der Waals surface area contributed by atoms with Gasteiger partial charge in [0.2, 0.25) is 6.43 Å². The quantitative estimate of drug-likeness (QED) is 0.245. The van der Waals surface area contributed by atoms with E-state index in [-0.39, 0.29) is 17.8 Å². The van der Waals surface area contributed by atoms with Crippen molar-refractivity contribution >= 4 is 12.3 Å². The van der Waals surface area contributed by atoms with Gasteiger partial charge < -0.3 is 4.18 Å². The molecule has 4 rings (SSSR count). The summed E-state index contributed by atoms with van der Waals surface area (Å²) in [6.07, 6.45) is 5.16. The zero-order chi connectivity index (χ0) is 20.6. The number of hydrogen-bond acceptors (Lipinski definition) is 5. The number of aryl methyl sites for hydroxylation is 2. The number of halogens is 2. The van der Waals surface area contributed by atoms with Crippen LogP contribution in [0, 0.1) is 23.2 Å². The lowest BCUT2D eigenvalue weighted by molar-refractivity contribution is -0.199. The summed E-state index contributed by atoms with van der Waals surface area (Å²) in [6.45, 7) is 4.41. The largest absolute Gasteiger partial charge is 0.398 e. The number of hydrogen-bond donors (Lipinski definition) is 1. The van der Waals surface area contributed by atoms with Gasteiger partial charge in [0.1, 0.15) is 5.75 Å². The lowest BCUT2D eigenvalue weighted by Gasteiger charge is -2.51. The van der Waals surface area contributed by atoms with Gasteiger partial charge in [-0.3, -0.25) is 0 Å². The first kappa shape index (κ1) is 21.3. The molecule has 7 heteroatoms. The van der Waals surface area contributed by atoms with Crippen molar-refractivity contribution in [2.75, 3.05) is 0 Å². The van der Waals surface area contributed by atoms with Gasteiger partial charge in [0.15, 0.2) is 0 Å². The number of benzene rings is 1. The summed E-state index contributed by atoms with van der Waals surface area (Å²) in [5, 5.41) is 0. The third kappa shape index (κ3) is 3.91. The molecule has 3 aliphatic rings. The lowest BCUT2D eigenvalue weighted by atomic mass is 9.54. The van der Waals surface area contributed by atoms with Gasteiger partial charge in [0.05, 0.1) is 0 Å². The molecule has 0 saturated heterocycles. The molecule has 5 atom stereocenters. The Morgan fingerprint density at radius 1 is 1.24 bits per heavy atom. The van der Waals surface area contributed by atoms with Crippen molar-refractivity contribution in [1.29, 1.82) is 0 Å². The van der Waals surface area contributed by atoms with Gasteiger partial charge in [-0.2, -0.15) is 5.90 Å². The Balaban J connectivity index is 1.57. The van der Waals surface area contributed by atoms with E-state index in [0.717, 1.165) is 68.6 Å². The molecule has 1 aromatic rings. The van der Waals surface area contributed by atoms with Crippen LogP contribution in [-0.4, -0.2) is 6.43 Å². The molecule has 162 valence electrons. The molecule has 0 aliphatic heterocycles. The fourth-order valence-electron chi connectivity index (χ4n) is 6.78. The van der Waals surface area contributed by atoms with Crippen LogP contribution in [0.4, 0.5) is 8.78 Å². The summed E-state index contributed by atoms with van der Waals surface area (Å²) < 4.78 is 36.5. The van der Waals surface area contributed by atoms with Crippen molar-refractivity contribution in [3.05, 3.63) is 28.8 Å². The molecule has 29 heavy (non-hydrogen) atoms. The van der Waals surface area contributed by atoms with E-state index < -0.39 is 6.43 Å². The lowest BCUT2D eigenvalue weighted by Crippen LogP contribution is -2.42. The van der Waals surface area contributed by atoms with E-state index in [9.17, 15) is 8.78 Å². The minimum absolute atomic E-state index is 0.0773. The van der Waals surface area contributed by atoms with E-state index in [4.69, 9.17) is 10.1 Å². The van der Waals surface area contributed by atoms with E-state index >= 15 is 0 Å². The first-order valence-electron chi connectivity index (χ1n) is 10.8. The van der Waals surface area contributed by atoms with Crippen LogP contribution in [0.15, 0.2) is 12.1 Å². The van der Waals surface area contributed by atoms with Crippen molar-refractivity contribution in [3.8, 4) is 5.75 Å². The van der Waals surface area contributed by atoms with Crippen LogP contribution >= 0.6 is 12.3 Å². The molecule has 0 amide bonds. The molecule has 0 heterocycles. The van der Waals surface area contributed by atoms with E-state index in [1.807, 2.05) is 0 Å². The van der Waals surface area contributed by atoms with E-state index in [2.05, 4.69) is 35.3 Å². The van der Waals surface area contributed by atoms with Gasteiger partial charge in [0, 0.05) is 6.42 Å². The van der Waals surface area contributed by atoms with Crippen LogP contribution in [0.1, 0.15) is 75.0 Å². The van der Waals surface area contributed by atoms with Crippen LogP contribution in [0.2, 0.25) is 0 Å². The van der Waals surface area contributed by atoms with Crippen LogP contribution in [0.25, 0.3) is 0 Å². The Morgan fingerprint density at radius 2 is 2.07 bits per heavy atom. The molecule has 0 radical (unpaired) electrons. The van der Waals surface area contributed by atoms with Crippen molar-refractivity contribution < 1.29 is 22.3 Å². The van der Waals surface area contributed by atoms with Gasteiger partial charge >= 0.3 is 0 Å². The maximum Gasteiger partial charge on any atom is 0.260 e. The van der Waals surface area contributed by atoms with Crippen molar-refractivity contribution in [1.82, 2.24) is 0 Å². The number of alkyl halides is 2. The third-order valence-corrected chi connectivity index (χ3v) is 8.52.